The highest BCUT2D eigenvalue weighted by Crippen LogP contribution is 2.14. The van der Waals surface area contributed by atoms with E-state index in [-0.39, 0.29) is 29.7 Å². The summed E-state index contributed by atoms with van der Waals surface area (Å²) >= 11 is 0. The van der Waals surface area contributed by atoms with Crippen molar-refractivity contribution in [3.63, 3.8) is 0 Å². The summed E-state index contributed by atoms with van der Waals surface area (Å²) in [6.07, 6.45) is 0. The van der Waals surface area contributed by atoms with Gasteiger partial charge in [0.2, 0.25) is 0 Å². The van der Waals surface area contributed by atoms with Gasteiger partial charge in [-0.3, -0.25) is 14.2 Å². The number of hydrogen-bond acceptors (Lipinski definition) is 4. The summed E-state index contributed by atoms with van der Waals surface area (Å²) in [7, 11) is 0. The third kappa shape index (κ3) is 2.76. The molecule has 1 heterocycles. The molecule has 9 heteroatoms. The van der Waals surface area contributed by atoms with Gasteiger partial charge in [-0.15, -0.1) is 0 Å². The fourth-order valence-electron chi connectivity index (χ4n) is 2.01. The highest BCUT2D eigenvalue weighted by molar-refractivity contribution is 6.00. The molecule has 0 aliphatic heterocycles. The van der Waals surface area contributed by atoms with Crippen LogP contribution in [-0.4, -0.2) is 33.2 Å². The number of nitrogens with two attached hydrogens (primary N) is 1. The number of amides is 2. The summed E-state index contributed by atoms with van der Waals surface area (Å²) in [6, 6.07) is 3.48. The molecule has 0 saturated heterocycles. The topological polar surface area (TPSA) is 147 Å². The fraction of sp³-hybridized carbons (Fsp3) is 0.167. The zero-order chi connectivity index (χ0) is 15.6. The number of H-pyrrole nitrogens is 1. The van der Waals surface area contributed by atoms with Crippen molar-refractivity contribution in [3.8, 4) is 0 Å². The van der Waals surface area contributed by atoms with Crippen LogP contribution in [-0.2, 0) is 6.54 Å². The van der Waals surface area contributed by atoms with Gasteiger partial charge in [0.05, 0.1) is 16.6 Å². The smallest absolute Gasteiger partial charge is 0.337 e. The number of para-hydroxylation sites is 1. The molecule has 0 bridgehead atoms. The van der Waals surface area contributed by atoms with Crippen molar-refractivity contribution in [2.24, 2.45) is 5.73 Å². The summed E-state index contributed by atoms with van der Waals surface area (Å²) < 4.78 is 1.01. The summed E-state index contributed by atoms with van der Waals surface area (Å²) in [5.41, 5.74) is 3.32. The van der Waals surface area contributed by atoms with Gasteiger partial charge in [-0.05, 0) is 12.1 Å². The number of aromatic amines is 1. The second-order valence-electron chi connectivity index (χ2n) is 4.21. The number of fused-ring (bicyclic) bond motifs is 1. The largest absolute Gasteiger partial charge is 0.478 e. The number of hydrogen-bond donors (Lipinski definition) is 4. The summed E-state index contributed by atoms with van der Waals surface area (Å²) in [5, 5.41) is 11.5. The van der Waals surface area contributed by atoms with E-state index in [4.69, 9.17) is 5.73 Å². The molecule has 1 aromatic heterocycles. The lowest BCUT2D eigenvalue weighted by Crippen LogP contribution is -2.40. The summed E-state index contributed by atoms with van der Waals surface area (Å²) in [5.74, 6) is -1.23. The Bertz CT molecular complexity index is 836. The van der Waals surface area contributed by atoms with Crippen molar-refractivity contribution in [1.82, 2.24) is 14.9 Å². The average Bonchev–Trinajstić information content (AvgIpc) is 2.41. The Morgan fingerprint density at radius 1 is 1.33 bits per heavy atom. The molecule has 1 aromatic carbocycles. The molecule has 21 heavy (non-hydrogen) atoms. The number of rotatable bonds is 4. The van der Waals surface area contributed by atoms with Gasteiger partial charge in [-0.1, -0.05) is 6.07 Å². The molecule has 5 N–H and O–H groups in total. The minimum atomic E-state index is -1.23. The molecule has 0 radical (unpaired) electrons. The number of carboxylic acids is 1. The van der Waals surface area contributed by atoms with Crippen LogP contribution in [0.3, 0.4) is 0 Å². The predicted molar refractivity (Wildman–Crippen MR) is 73.4 cm³/mol. The molecule has 0 saturated carbocycles. The van der Waals surface area contributed by atoms with Crippen LogP contribution in [0.4, 0.5) is 4.79 Å². The first kappa shape index (κ1) is 14.3. The van der Waals surface area contributed by atoms with E-state index in [1.807, 2.05) is 0 Å². The number of urea groups is 1. The molecule has 2 rings (SSSR count). The van der Waals surface area contributed by atoms with Crippen molar-refractivity contribution in [2.45, 2.75) is 6.54 Å². The number of carboxylic acid groups (broad SMARTS) is 1. The van der Waals surface area contributed by atoms with Gasteiger partial charge >= 0.3 is 23.1 Å². The van der Waals surface area contributed by atoms with E-state index in [1.54, 1.807) is 0 Å². The van der Waals surface area contributed by atoms with E-state index >= 15 is 0 Å². The summed E-state index contributed by atoms with van der Waals surface area (Å²) in [4.78, 5) is 47.7. The standard InChI is InChI=1S/C12H12N4O5/c13-12(21)14-4-5-16-8-6(11(19)20)2-1-3-7(8)15-9(17)10(16)18/h1-3H,4-5H2,(H,15,17)(H,19,20)(H3,13,14,21). The maximum Gasteiger partial charge on any atom is 0.337 e. The van der Waals surface area contributed by atoms with E-state index in [1.165, 1.54) is 18.2 Å². The average molecular weight is 292 g/mol. The lowest BCUT2D eigenvalue weighted by Gasteiger charge is -2.11. The number of benzene rings is 1. The van der Waals surface area contributed by atoms with Crippen LogP contribution in [0, 0.1) is 0 Å². The minimum absolute atomic E-state index is 0.0122. The van der Waals surface area contributed by atoms with Crippen molar-refractivity contribution >= 4 is 23.0 Å². The van der Waals surface area contributed by atoms with Crippen molar-refractivity contribution in [3.05, 3.63) is 44.5 Å². The van der Waals surface area contributed by atoms with E-state index in [0.29, 0.717) is 0 Å². The van der Waals surface area contributed by atoms with Gasteiger partial charge in [0, 0.05) is 13.1 Å². The van der Waals surface area contributed by atoms with Crippen molar-refractivity contribution < 1.29 is 14.7 Å². The van der Waals surface area contributed by atoms with Crippen molar-refractivity contribution in [2.75, 3.05) is 6.54 Å². The number of nitrogens with one attached hydrogen (secondary N) is 2. The van der Waals surface area contributed by atoms with Gasteiger partial charge in [-0.25, -0.2) is 9.59 Å². The quantitative estimate of drug-likeness (QED) is 0.537. The number of carbonyl (C=O) groups excluding carboxylic acids is 1. The zero-order valence-corrected chi connectivity index (χ0v) is 10.8. The van der Waals surface area contributed by atoms with Gasteiger partial charge in [0.1, 0.15) is 0 Å². The molecular weight excluding hydrogens is 280 g/mol. The number of aromatic carboxylic acids is 1. The van der Waals surface area contributed by atoms with Gasteiger partial charge in [0.25, 0.3) is 0 Å². The molecule has 0 aliphatic rings. The maximum atomic E-state index is 11.9. The summed E-state index contributed by atoms with van der Waals surface area (Å²) in [6.45, 7) is -0.0891. The molecular formula is C12H12N4O5. The Balaban J connectivity index is 2.67. The second kappa shape index (κ2) is 5.49. The molecule has 0 unspecified atom stereocenters. The zero-order valence-electron chi connectivity index (χ0n) is 10.8. The molecule has 0 fully saturated rings. The van der Waals surface area contributed by atoms with E-state index < -0.39 is 23.1 Å². The molecule has 0 spiro atoms. The lowest BCUT2D eigenvalue weighted by molar-refractivity contribution is 0.0698. The second-order valence-corrected chi connectivity index (χ2v) is 4.21. The van der Waals surface area contributed by atoms with E-state index in [9.17, 15) is 24.3 Å². The Morgan fingerprint density at radius 3 is 2.67 bits per heavy atom. The SMILES string of the molecule is NC(=O)NCCn1c(=O)c(=O)[nH]c2cccc(C(=O)O)c21. The normalized spacial score (nSPS) is 10.5. The Kier molecular flexibility index (Phi) is 3.74. The molecule has 2 aromatic rings. The van der Waals surface area contributed by atoms with Crippen LogP contribution in [0.1, 0.15) is 10.4 Å². The maximum absolute atomic E-state index is 11.9. The number of primary amides is 1. The Labute approximate surface area is 117 Å². The van der Waals surface area contributed by atoms with Gasteiger partial charge in [0.15, 0.2) is 0 Å². The van der Waals surface area contributed by atoms with Crippen LogP contribution in [0.2, 0.25) is 0 Å². The third-order valence-corrected chi connectivity index (χ3v) is 2.86. The van der Waals surface area contributed by atoms with E-state index in [0.717, 1.165) is 4.57 Å². The first-order valence-electron chi connectivity index (χ1n) is 5.94. The Morgan fingerprint density at radius 2 is 2.05 bits per heavy atom. The number of carbonyl (C=O) groups is 2. The minimum Gasteiger partial charge on any atom is -0.478 e. The predicted octanol–water partition coefficient (Wildman–Crippen LogP) is -0.944. The van der Waals surface area contributed by atoms with Gasteiger partial charge in [-0.2, -0.15) is 0 Å². The highest BCUT2D eigenvalue weighted by atomic mass is 16.4. The number of nitrogens with zero attached hydrogens (tertiary/aromatic N) is 1. The van der Waals surface area contributed by atoms with Crippen molar-refractivity contribution in [1.29, 1.82) is 0 Å². The lowest BCUT2D eigenvalue weighted by atomic mass is 10.1. The van der Waals surface area contributed by atoms with Crippen LogP contribution in [0.15, 0.2) is 27.8 Å². The first-order chi connectivity index (χ1) is 9.91. The Hall–Kier alpha value is -3.10. The monoisotopic (exact) mass is 292 g/mol. The first-order valence-corrected chi connectivity index (χ1v) is 5.94. The number of aromatic nitrogens is 2. The molecule has 9 nitrogen and oxygen atoms in total. The van der Waals surface area contributed by atoms with Gasteiger partial charge < -0.3 is 21.1 Å². The highest BCUT2D eigenvalue weighted by Gasteiger charge is 2.15. The van der Waals surface area contributed by atoms with E-state index in [2.05, 4.69) is 10.3 Å². The molecule has 110 valence electrons. The van der Waals surface area contributed by atoms with Crippen LogP contribution in [0.25, 0.3) is 11.0 Å². The van der Waals surface area contributed by atoms with Crippen LogP contribution in [0.5, 0.6) is 0 Å². The molecule has 0 atom stereocenters. The van der Waals surface area contributed by atoms with Crippen LogP contribution < -0.4 is 22.2 Å². The molecule has 2 amide bonds. The molecule has 0 aliphatic carbocycles. The fourth-order valence-corrected chi connectivity index (χ4v) is 2.01. The van der Waals surface area contributed by atoms with Crippen LogP contribution >= 0.6 is 0 Å². The third-order valence-electron chi connectivity index (χ3n) is 2.86.